The molecule has 1 heterocycles. The molecule has 2 rings (SSSR count). The summed E-state index contributed by atoms with van der Waals surface area (Å²) < 4.78 is 0. The van der Waals surface area contributed by atoms with Gasteiger partial charge < -0.3 is 15.1 Å². The Morgan fingerprint density at radius 2 is 1.62 bits per heavy atom. The predicted octanol–water partition coefficient (Wildman–Crippen LogP) is 1.43. The van der Waals surface area contributed by atoms with Crippen LogP contribution in [0.4, 0.5) is 5.69 Å². The van der Waals surface area contributed by atoms with Crippen molar-refractivity contribution in [2.24, 2.45) is 5.92 Å². The van der Waals surface area contributed by atoms with Crippen molar-refractivity contribution in [3.63, 3.8) is 0 Å². The van der Waals surface area contributed by atoms with Crippen LogP contribution in [0.5, 0.6) is 0 Å². The number of carbonyl (C=O) groups excluding carboxylic acids is 2. The first-order valence-electron chi connectivity index (χ1n) is 7.43. The van der Waals surface area contributed by atoms with Crippen LogP contribution in [0.15, 0.2) is 30.3 Å². The lowest BCUT2D eigenvalue weighted by atomic mass is 10.1. The number of piperazine rings is 1. The van der Waals surface area contributed by atoms with E-state index in [1.165, 1.54) is 0 Å². The highest BCUT2D eigenvalue weighted by Crippen LogP contribution is 2.08. The van der Waals surface area contributed by atoms with Crippen LogP contribution >= 0.6 is 0 Å². The third kappa shape index (κ3) is 4.21. The first-order chi connectivity index (χ1) is 10.1. The molecule has 114 valence electrons. The first-order valence-corrected chi connectivity index (χ1v) is 7.43. The lowest BCUT2D eigenvalue weighted by Gasteiger charge is -2.35. The number of benzene rings is 1. The van der Waals surface area contributed by atoms with Crippen LogP contribution < -0.4 is 5.32 Å². The van der Waals surface area contributed by atoms with Crippen molar-refractivity contribution in [3.05, 3.63) is 30.3 Å². The summed E-state index contributed by atoms with van der Waals surface area (Å²) in [4.78, 5) is 27.7. The molecule has 2 amide bonds. The normalized spacial score (nSPS) is 15.2. The Balaban J connectivity index is 1.77. The molecule has 1 aromatic carbocycles. The number of hydrogen-bond donors (Lipinski definition) is 1. The van der Waals surface area contributed by atoms with Gasteiger partial charge in [-0.1, -0.05) is 32.0 Å². The Kier molecular flexibility index (Phi) is 5.20. The summed E-state index contributed by atoms with van der Waals surface area (Å²) in [5, 5.41) is 3.12. The molecule has 0 bridgehead atoms. The highest BCUT2D eigenvalue weighted by atomic mass is 16.2. The standard InChI is InChI=1S/C16H23N3O2/c1-13(2)16(21)19-10-8-18(9-11-19)15(20)12-17-14-6-4-3-5-7-14/h3-7,13,17H,8-12H2,1-2H3. The second kappa shape index (κ2) is 7.11. The van der Waals surface area contributed by atoms with Gasteiger partial charge in [0, 0.05) is 37.8 Å². The summed E-state index contributed by atoms with van der Waals surface area (Å²) >= 11 is 0. The maximum Gasteiger partial charge on any atom is 0.241 e. The average molecular weight is 289 g/mol. The molecule has 5 heteroatoms. The number of carbonyl (C=O) groups is 2. The zero-order valence-corrected chi connectivity index (χ0v) is 12.7. The molecular formula is C16H23N3O2. The van der Waals surface area contributed by atoms with Crippen molar-refractivity contribution in [1.29, 1.82) is 0 Å². The summed E-state index contributed by atoms with van der Waals surface area (Å²) in [6.07, 6.45) is 0. The van der Waals surface area contributed by atoms with Crippen molar-refractivity contribution in [3.8, 4) is 0 Å². The molecule has 1 fully saturated rings. The van der Waals surface area contributed by atoms with Gasteiger partial charge in [-0.15, -0.1) is 0 Å². The van der Waals surface area contributed by atoms with E-state index in [2.05, 4.69) is 5.32 Å². The summed E-state index contributed by atoms with van der Waals surface area (Å²) in [5.41, 5.74) is 0.944. The summed E-state index contributed by atoms with van der Waals surface area (Å²) in [5.74, 6) is 0.270. The molecule has 0 saturated carbocycles. The number of nitrogens with one attached hydrogen (secondary N) is 1. The molecule has 21 heavy (non-hydrogen) atoms. The zero-order valence-electron chi connectivity index (χ0n) is 12.7. The largest absolute Gasteiger partial charge is 0.376 e. The third-order valence-electron chi connectivity index (χ3n) is 3.66. The molecule has 1 aliphatic heterocycles. The molecule has 0 atom stereocenters. The number of rotatable bonds is 4. The molecule has 0 spiro atoms. The van der Waals surface area contributed by atoms with Crippen LogP contribution in [0.1, 0.15) is 13.8 Å². The van der Waals surface area contributed by atoms with Gasteiger partial charge in [-0.2, -0.15) is 0 Å². The highest BCUT2D eigenvalue weighted by molar-refractivity contribution is 5.82. The molecule has 5 nitrogen and oxygen atoms in total. The fraction of sp³-hybridized carbons (Fsp3) is 0.500. The fourth-order valence-electron chi connectivity index (χ4n) is 2.39. The number of anilines is 1. The number of amides is 2. The van der Waals surface area contributed by atoms with Gasteiger partial charge in [-0.25, -0.2) is 0 Å². The van der Waals surface area contributed by atoms with Crippen LogP contribution in [0.25, 0.3) is 0 Å². The van der Waals surface area contributed by atoms with E-state index < -0.39 is 0 Å². The summed E-state index contributed by atoms with van der Waals surface area (Å²) in [7, 11) is 0. The smallest absolute Gasteiger partial charge is 0.241 e. The summed E-state index contributed by atoms with van der Waals surface area (Å²) in [6, 6.07) is 9.68. The second-order valence-corrected chi connectivity index (χ2v) is 5.58. The highest BCUT2D eigenvalue weighted by Gasteiger charge is 2.24. The molecule has 0 unspecified atom stereocenters. The van der Waals surface area contributed by atoms with Gasteiger partial charge >= 0.3 is 0 Å². The fourth-order valence-corrected chi connectivity index (χ4v) is 2.39. The average Bonchev–Trinajstić information content (AvgIpc) is 2.53. The monoisotopic (exact) mass is 289 g/mol. The molecule has 1 N–H and O–H groups in total. The van der Waals surface area contributed by atoms with E-state index in [0.29, 0.717) is 32.7 Å². The van der Waals surface area contributed by atoms with Crippen LogP contribution in [0, 0.1) is 5.92 Å². The second-order valence-electron chi connectivity index (χ2n) is 5.58. The van der Waals surface area contributed by atoms with Gasteiger partial charge in [0.05, 0.1) is 6.54 Å². The quantitative estimate of drug-likeness (QED) is 0.912. The van der Waals surface area contributed by atoms with Gasteiger partial charge in [0.25, 0.3) is 0 Å². The van der Waals surface area contributed by atoms with Crippen molar-refractivity contribution in [2.45, 2.75) is 13.8 Å². The number of nitrogens with zero attached hydrogens (tertiary/aromatic N) is 2. The van der Waals surface area contributed by atoms with E-state index in [0.717, 1.165) is 5.69 Å². The van der Waals surface area contributed by atoms with Gasteiger partial charge in [-0.05, 0) is 12.1 Å². The lowest BCUT2D eigenvalue weighted by molar-refractivity contribution is -0.140. The minimum atomic E-state index is 0.0204. The maximum atomic E-state index is 12.1. The Labute approximate surface area is 125 Å². The lowest BCUT2D eigenvalue weighted by Crippen LogP contribution is -2.52. The van der Waals surface area contributed by atoms with E-state index in [1.54, 1.807) is 0 Å². The van der Waals surface area contributed by atoms with E-state index in [4.69, 9.17) is 0 Å². The molecule has 1 aromatic rings. The Morgan fingerprint density at radius 1 is 1.05 bits per heavy atom. The van der Waals surface area contributed by atoms with Crippen molar-refractivity contribution in [2.75, 3.05) is 38.0 Å². The third-order valence-corrected chi connectivity index (χ3v) is 3.66. The molecule has 0 aliphatic carbocycles. The Morgan fingerprint density at radius 3 is 2.19 bits per heavy atom. The number of para-hydroxylation sites is 1. The van der Waals surface area contributed by atoms with Gasteiger partial charge in [0.1, 0.15) is 0 Å². The minimum Gasteiger partial charge on any atom is -0.376 e. The van der Waals surface area contributed by atoms with Gasteiger partial charge in [0.15, 0.2) is 0 Å². The maximum absolute atomic E-state index is 12.1. The van der Waals surface area contributed by atoms with Crippen molar-refractivity contribution < 1.29 is 9.59 Å². The molecule has 0 aromatic heterocycles. The summed E-state index contributed by atoms with van der Waals surface area (Å²) in [6.45, 7) is 6.61. The van der Waals surface area contributed by atoms with Gasteiger partial charge in [-0.3, -0.25) is 9.59 Å². The molecule has 0 radical (unpaired) electrons. The van der Waals surface area contributed by atoms with Crippen LogP contribution in [0.3, 0.4) is 0 Å². The van der Waals surface area contributed by atoms with Crippen LogP contribution in [-0.4, -0.2) is 54.3 Å². The predicted molar refractivity (Wildman–Crippen MR) is 82.9 cm³/mol. The van der Waals surface area contributed by atoms with Gasteiger partial charge in [0.2, 0.25) is 11.8 Å². The van der Waals surface area contributed by atoms with E-state index in [1.807, 2.05) is 54.0 Å². The molecular weight excluding hydrogens is 266 g/mol. The van der Waals surface area contributed by atoms with Crippen LogP contribution in [-0.2, 0) is 9.59 Å². The van der Waals surface area contributed by atoms with E-state index in [-0.39, 0.29) is 17.7 Å². The Bertz CT molecular complexity index is 480. The minimum absolute atomic E-state index is 0.0204. The van der Waals surface area contributed by atoms with E-state index >= 15 is 0 Å². The SMILES string of the molecule is CC(C)C(=O)N1CCN(C(=O)CNc2ccccc2)CC1. The molecule has 1 saturated heterocycles. The number of hydrogen-bond acceptors (Lipinski definition) is 3. The first kappa shape index (κ1) is 15.4. The Hall–Kier alpha value is -2.04. The molecule has 1 aliphatic rings. The van der Waals surface area contributed by atoms with E-state index in [9.17, 15) is 9.59 Å². The van der Waals surface area contributed by atoms with Crippen LogP contribution in [0.2, 0.25) is 0 Å². The topological polar surface area (TPSA) is 52.7 Å². The van der Waals surface area contributed by atoms with Crippen molar-refractivity contribution in [1.82, 2.24) is 9.80 Å². The van der Waals surface area contributed by atoms with Crippen molar-refractivity contribution >= 4 is 17.5 Å². The zero-order chi connectivity index (χ0) is 15.2.